The first-order valence-electron chi connectivity index (χ1n) is 8.24. The normalized spacial score (nSPS) is 22.7. The molecular formula is C21H16ClF3O2. The monoisotopic (exact) mass is 392 g/mol. The molecule has 140 valence electrons. The van der Waals surface area contributed by atoms with Gasteiger partial charge in [-0.15, -0.1) is 0 Å². The number of aldehydes is 1. The van der Waals surface area contributed by atoms with Crippen LogP contribution >= 0.6 is 11.6 Å². The summed E-state index contributed by atoms with van der Waals surface area (Å²) in [4.78, 5) is 11.6. The SMILES string of the molecule is O=CC1C=CC(Cl)=C(c2ccccc2)C1(OCc1ccccc1)C(F)(F)F. The van der Waals surface area contributed by atoms with Gasteiger partial charge in [0.05, 0.1) is 12.5 Å². The zero-order chi connectivity index (χ0) is 19.5. The van der Waals surface area contributed by atoms with E-state index in [4.69, 9.17) is 16.3 Å². The zero-order valence-corrected chi connectivity index (χ0v) is 14.9. The van der Waals surface area contributed by atoms with Crippen LogP contribution in [0.15, 0.2) is 77.8 Å². The molecule has 0 saturated carbocycles. The Morgan fingerprint density at radius 2 is 1.63 bits per heavy atom. The van der Waals surface area contributed by atoms with Gasteiger partial charge in [0.2, 0.25) is 5.60 Å². The summed E-state index contributed by atoms with van der Waals surface area (Å²) in [5.74, 6) is -1.56. The maximum Gasteiger partial charge on any atom is 0.422 e. The predicted molar refractivity (Wildman–Crippen MR) is 97.9 cm³/mol. The minimum absolute atomic E-state index is 0.107. The summed E-state index contributed by atoms with van der Waals surface area (Å²) in [6.07, 6.45) is -2.16. The molecule has 2 aromatic rings. The second-order valence-corrected chi connectivity index (χ2v) is 6.52. The van der Waals surface area contributed by atoms with Crippen LogP contribution in [0, 0.1) is 5.92 Å². The molecule has 0 saturated heterocycles. The van der Waals surface area contributed by atoms with Crippen molar-refractivity contribution in [1.82, 2.24) is 0 Å². The van der Waals surface area contributed by atoms with Crippen molar-refractivity contribution >= 4 is 23.5 Å². The average Bonchev–Trinajstić information content (AvgIpc) is 2.67. The quantitative estimate of drug-likeness (QED) is 0.624. The highest BCUT2D eigenvalue weighted by atomic mass is 35.5. The molecule has 0 aromatic heterocycles. The Bertz CT molecular complexity index is 860. The smallest absolute Gasteiger partial charge is 0.355 e. The third kappa shape index (κ3) is 3.57. The minimum atomic E-state index is -4.87. The summed E-state index contributed by atoms with van der Waals surface area (Å²) in [6, 6.07) is 16.4. The number of halogens is 4. The highest BCUT2D eigenvalue weighted by Crippen LogP contribution is 2.52. The van der Waals surface area contributed by atoms with Gasteiger partial charge in [-0.3, -0.25) is 0 Å². The van der Waals surface area contributed by atoms with E-state index >= 15 is 0 Å². The van der Waals surface area contributed by atoms with Gasteiger partial charge in [-0.2, -0.15) is 13.2 Å². The lowest BCUT2D eigenvalue weighted by atomic mass is 9.74. The van der Waals surface area contributed by atoms with Gasteiger partial charge in [0.1, 0.15) is 6.29 Å². The van der Waals surface area contributed by atoms with E-state index in [0.717, 1.165) is 6.08 Å². The van der Waals surface area contributed by atoms with E-state index < -0.39 is 17.7 Å². The van der Waals surface area contributed by atoms with Crippen molar-refractivity contribution in [3.05, 3.63) is 89.0 Å². The molecule has 2 nitrogen and oxygen atoms in total. The van der Waals surface area contributed by atoms with E-state index in [1.807, 2.05) is 0 Å². The number of carbonyl (C=O) groups excluding carboxylic acids is 1. The van der Waals surface area contributed by atoms with Crippen LogP contribution in [0.25, 0.3) is 5.57 Å². The van der Waals surface area contributed by atoms with Crippen LogP contribution in [0.3, 0.4) is 0 Å². The lowest BCUT2D eigenvalue weighted by Gasteiger charge is -2.42. The third-order valence-corrected chi connectivity index (χ3v) is 4.78. The maximum absolute atomic E-state index is 14.4. The summed E-state index contributed by atoms with van der Waals surface area (Å²) in [5, 5.41) is -0.107. The first kappa shape index (κ1) is 19.4. The van der Waals surface area contributed by atoms with Crippen molar-refractivity contribution in [3.63, 3.8) is 0 Å². The topological polar surface area (TPSA) is 26.3 Å². The summed E-state index contributed by atoms with van der Waals surface area (Å²) in [7, 11) is 0. The number of carbonyl (C=O) groups is 1. The van der Waals surface area contributed by atoms with Crippen LogP contribution in [-0.2, 0) is 16.1 Å². The number of hydrogen-bond donors (Lipinski definition) is 0. The van der Waals surface area contributed by atoms with Crippen molar-refractivity contribution < 1.29 is 22.7 Å². The van der Waals surface area contributed by atoms with Crippen molar-refractivity contribution in [1.29, 1.82) is 0 Å². The van der Waals surface area contributed by atoms with Gasteiger partial charge in [-0.25, -0.2) is 0 Å². The largest absolute Gasteiger partial charge is 0.422 e. The molecule has 2 unspecified atom stereocenters. The number of alkyl halides is 3. The molecule has 0 heterocycles. The highest BCUT2D eigenvalue weighted by Gasteiger charge is 2.64. The van der Waals surface area contributed by atoms with E-state index in [2.05, 4.69) is 0 Å². The lowest BCUT2D eigenvalue weighted by Crippen LogP contribution is -2.55. The van der Waals surface area contributed by atoms with Gasteiger partial charge in [0.25, 0.3) is 0 Å². The first-order chi connectivity index (χ1) is 12.9. The molecule has 2 atom stereocenters. The molecular weight excluding hydrogens is 377 g/mol. The highest BCUT2D eigenvalue weighted by molar-refractivity contribution is 6.35. The van der Waals surface area contributed by atoms with E-state index in [9.17, 15) is 18.0 Å². The van der Waals surface area contributed by atoms with Crippen LogP contribution in [0.5, 0.6) is 0 Å². The van der Waals surface area contributed by atoms with Gasteiger partial charge in [0.15, 0.2) is 0 Å². The van der Waals surface area contributed by atoms with Gasteiger partial charge >= 0.3 is 6.18 Å². The first-order valence-corrected chi connectivity index (χ1v) is 8.61. The molecule has 2 aromatic carbocycles. The number of rotatable bonds is 5. The molecule has 1 aliphatic rings. The van der Waals surface area contributed by atoms with E-state index in [1.54, 1.807) is 48.5 Å². The Labute approximate surface area is 159 Å². The molecule has 0 spiro atoms. The summed E-state index contributed by atoms with van der Waals surface area (Å²) >= 11 is 6.21. The van der Waals surface area contributed by atoms with Crippen LogP contribution in [0.1, 0.15) is 11.1 Å². The lowest BCUT2D eigenvalue weighted by molar-refractivity contribution is -0.266. The van der Waals surface area contributed by atoms with Crippen molar-refractivity contribution in [2.45, 2.75) is 18.4 Å². The van der Waals surface area contributed by atoms with Gasteiger partial charge in [-0.05, 0) is 17.2 Å². The minimum Gasteiger partial charge on any atom is -0.355 e. The molecule has 0 radical (unpaired) electrons. The van der Waals surface area contributed by atoms with Crippen LogP contribution in [0.4, 0.5) is 13.2 Å². The Kier molecular flexibility index (Phi) is 5.53. The summed E-state index contributed by atoms with van der Waals surface area (Å²) in [5.41, 5.74) is -2.32. The molecule has 0 fully saturated rings. The average molecular weight is 393 g/mol. The Hall–Kier alpha value is -2.37. The standard InChI is InChI=1S/C21H16ClF3O2/c22-18-12-11-17(13-26)20(21(23,24)25,19(18)16-9-5-2-6-10-16)27-14-15-7-3-1-4-8-15/h1-13,17H,14H2. The fourth-order valence-corrected chi connectivity index (χ4v) is 3.52. The molecule has 6 heteroatoms. The molecule has 0 amide bonds. The predicted octanol–water partition coefficient (Wildman–Crippen LogP) is 5.54. The molecule has 0 aliphatic heterocycles. The Morgan fingerprint density at radius 1 is 1.04 bits per heavy atom. The summed E-state index contributed by atoms with van der Waals surface area (Å²) in [6.45, 7) is -0.320. The second kappa shape index (κ2) is 7.71. The number of ether oxygens (including phenoxy) is 1. The fourth-order valence-electron chi connectivity index (χ4n) is 3.20. The Morgan fingerprint density at radius 3 is 2.19 bits per heavy atom. The van der Waals surface area contributed by atoms with Gasteiger partial charge in [0, 0.05) is 10.6 Å². The van der Waals surface area contributed by atoms with E-state index in [-0.39, 0.29) is 29.1 Å². The van der Waals surface area contributed by atoms with Crippen LogP contribution in [-0.4, -0.2) is 18.1 Å². The van der Waals surface area contributed by atoms with Crippen molar-refractivity contribution in [2.75, 3.05) is 0 Å². The van der Waals surface area contributed by atoms with Gasteiger partial charge < -0.3 is 9.53 Å². The maximum atomic E-state index is 14.4. The molecule has 1 aliphatic carbocycles. The van der Waals surface area contributed by atoms with Crippen molar-refractivity contribution in [2.24, 2.45) is 5.92 Å². The molecule has 0 bridgehead atoms. The molecule has 27 heavy (non-hydrogen) atoms. The zero-order valence-electron chi connectivity index (χ0n) is 14.1. The van der Waals surface area contributed by atoms with Crippen LogP contribution < -0.4 is 0 Å². The van der Waals surface area contributed by atoms with Crippen molar-refractivity contribution in [3.8, 4) is 0 Å². The van der Waals surface area contributed by atoms with Crippen LogP contribution in [0.2, 0.25) is 0 Å². The third-order valence-electron chi connectivity index (χ3n) is 4.47. The second-order valence-electron chi connectivity index (χ2n) is 6.12. The van der Waals surface area contributed by atoms with E-state index in [0.29, 0.717) is 5.56 Å². The molecule has 3 rings (SSSR count). The number of allylic oxidation sites excluding steroid dienone is 2. The van der Waals surface area contributed by atoms with Gasteiger partial charge in [-0.1, -0.05) is 78.3 Å². The van der Waals surface area contributed by atoms with E-state index in [1.165, 1.54) is 18.2 Å². The molecule has 0 N–H and O–H groups in total. The summed E-state index contributed by atoms with van der Waals surface area (Å²) < 4.78 is 48.8. The number of hydrogen-bond acceptors (Lipinski definition) is 2. The Balaban J connectivity index is 2.17. The number of benzene rings is 2. The fraction of sp³-hybridized carbons (Fsp3) is 0.190.